The van der Waals surface area contributed by atoms with Crippen LogP contribution in [0.15, 0.2) is 69.7 Å². The fourth-order valence-electron chi connectivity index (χ4n) is 3.11. The van der Waals surface area contributed by atoms with E-state index in [1.807, 2.05) is 6.26 Å². The normalized spacial score (nSPS) is 11.3. The van der Waals surface area contributed by atoms with Crippen LogP contribution < -0.4 is 11.1 Å². The third kappa shape index (κ3) is 2.81. The van der Waals surface area contributed by atoms with Crippen LogP contribution in [0, 0.1) is 0 Å². The third-order valence-electron chi connectivity index (χ3n) is 4.50. The number of hydrogen-bond acceptors (Lipinski definition) is 7. The van der Waals surface area contributed by atoms with Crippen LogP contribution in [-0.4, -0.2) is 40.5 Å². The summed E-state index contributed by atoms with van der Waals surface area (Å²) in [6.45, 7) is 0. The molecule has 29 heavy (non-hydrogen) atoms. The van der Waals surface area contributed by atoms with Gasteiger partial charge in [0.25, 0.3) is 11.1 Å². The first kappa shape index (κ1) is 17.3. The van der Waals surface area contributed by atoms with Crippen LogP contribution in [0.3, 0.4) is 0 Å². The molecule has 1 N–H and O–H groups in total. The minimum atomic E-state index is -0.339. The van der Waals surface area contributed by atoms with Gasteiger partial charge in [-0.05, 0) is 36.6 Å². The van der Waals surface area contributed by atoms with Gasteiger partial charge in [0.1, 0.15) is 5.82 Å². The van der Waals surface area contributed by atoms with Gasteiger partial charge in [-0.15, -0.1) is 5.10 Å². The summed E-state index contributed by atoms with van der Waals surface area (Å²) < 4.78 is 2.78. The largest absolute Gasteiger partial charge is 0.268 e. The zero-order valence-electron chi connectivity index (χ0n) is 15.1. The second-order valence-electron chi connectivity index (χ2n) is 6.17. The zero-order chi connectivity index (χ0) is 20.0. The summed E-state index contributed by atoms with van der Waals surface area (Å²) in [4.78, 5) is 39.0. The van der Waals surface area contributed by atoms with Crippen LogP contribution in [-0.2, 0) is 0 Å². The van der Waals surface area contributed by atoms with E-state index in [0.717, 1.165) is 0 Å². The number of fused-ring (bicyclic) bond motifs is 2. The van der Waals surface area contributed by atoms with Crippen LogP contribution in [0.4, 0.5) is 0 Å². The summed E-state index contributed by atoms with van der Waals surface area (Å²) in [5, 5.41) is 7.96. The van der Waals surface area contributed by atoms with E-state index in [4.69, 9.17) is 0 Å². The van der Waals surface area contributed by atoms with Gasteiger partial charge in [0.2, 0.25) is 11.1 Å². The second kappa shape index (κ2) is 6.67. The first-order valence-corrected chi connectivity index (χ1v) is 9.84. The lowest BCUT2D eigenvalue weighted by Gasteiger charge is -2.08. The third-order valence-corrected chi connectivity index (χ3v) is 5.05. The number of rotatable bonds is 3. The predicted octanol–water partition coefficient (Wildman–Crippen LogP) is 1.92. The van der Waals surface area contributed by atoms with Gasteiger partial charge < -0.3 is 0 Å². The standard InChI is InChI=1S/C19H13N7O2S/c1-29-19-22-18(23-24-19)26-9-6-14-12(17(26)28)10-11-13(21-14)5-8-25(16(11)27)15-4-2-3-7-20-15/h2-10H,1H3,(H,22,23,24). The van der Waals surface area contributed by atoms with E-state index in [1.54, 1.807) is 55.0 Å². The molecule has 0 atom stereocenters. The van der Waals surface area contributed by atoms with Crippen molar-refractivity contribution in [2.45, 2.75) is 5.16 Å². The Hall–Kier alpha value is -3.79. The van der Waals surface area contributed by atoms with Gasteiger partial charge in [-0.1, -0.05) is 17.8 Å². The molecule has 142 valence electrons. The Balaban J connectivity index is 1.76. The Morgan fingerprint density at radius 1 is 0.931 bits per heavy atom. The molecule has 0 radical (unpaired) electrons. The Bertz CT molecular complexity index is 1490. The number of aromatic amines is 1. The lowest BCUT2D eigenvalue weighted by Crippen LogP contribution is -2.21. The van der Waals surface area contributed by atoms with E-state index in [0.29, 0.717) is 38.7 Å². The van der Waals surface area contributed by atoms with Crippen molar-refractivity contribution in [3.05, 3.63) is 75.7 Å². The molecule has 0 bridgehead atoms. The number of aromatic nitrogens is 7. The number of H-pyrrole nitrogens is 1. The second-order valence-corrected chi connectivity index (χ2v) is 6.94. The highest BCUT2D eigenvalue weighted by molar-refractivity contribution is 7.98. The molecule has 0 saturated carbocycles. The van der Waals surface area contributed by atoms with Crippen molar-refractivity contribution < 1.29 is 0 Å². The van der Waals surface area contributed by atoms with Gasteiger partial charge in [-0.25, -0.2) is 15.1 Å². The molecule has 0 amide bonds. The maximum Gasteiger partial charge on any atom is 0.266 e. The summed E-state index contributed by atoms with van der Waals surface area (Å²) in [5.74, 6) is 0.802. The van der Waals surface area contributed by atoms with E-state index in [2.05, 4.69) is 25.1 Å². The van der Waals surface area contributed by atoms with Crippen LogP contribution in [0.25, 0.3) is 33.6 Å². The first-order chi connectivity index (χ1) is 14.2. The Kier molecular flexibility index (Phi) is 3.98. The lowest BCUT2D eigenvalue weighted by atomic mass is 10.2. The number of hydrogen-bond donors (Lipinski definition) is 1. The average molecular weight is 403 g/mol. The molecule has 0 aliphatic carbocycles. The van der Waals surface area contributed by atoms with Crippen LogP contribution in [0.5, 0.6) is 0 Å². The van der Waals surface area contributed by atoms with Crippen molar-refractivity contribution in [3.8, 4) is 11.8 Å². The van der Waals surface area contributed by atoms with Crippen LogP contribution >= 0.6 is 11.8 Å². The van der Waals surface area contributed by atoms with E-state index in [9.17, 15) is 9.59 Å². The molecule has 5 rings (SSSR count). The van der Waals surface area contributed by atoms with Crippen molar-refractivity contribution >= 4 is 33.6 Å². The van der Waals surface area contributed by atoms with Crippen molar-refractivity contribution in [3.63, 3.8) is 0 Å². The zero-order valence-corrected chi connectivity index (χ0v) is 15.9. The maximum absolute atomic E-state index is 13.0. The quantitative estimate of drug-likeness (QED) is 0.362. The van der Waals surface area contributed by atoms with Crippen molar-refractivity contribution in [1.82, 2.24) is 34.3 Å². The highest BCUT2D eigenvalue weighted by Gasteiger charge is 2.13. The maximum atomic E-state index is 13.0. The molecule has 0 aromatic carbocycles. The molecule has 5 heterocycles. The van der Waals surface area contributed by atoms with Crippen LogP contribution in [0.1, 0.15) is 0 Å². The number of thioether (sulfide) groups is 1. The van der Waals surface area contributed by atoms with Crippen LogP contribution in [0.2, 0.25) is 0 Å². The smallest absolute Gasteiger partial charge is 0.266 e. The molecule has 5 aromatic heterocycles. The lowest BCUT2D eigenvalue weighted by molar-refractivity contribution is 0.901. The summed E-state index contributed by atoms with van der Waals surface area (Å²) in [6.07, 6.45) is 6.68. The molecule has 9 nitrogen and oxygen atoms in total. The minimum Gasteiger partial charge on any atom is -0.268 e. The van der Waals surface area contributed by atoms with Crippen molar-refractivity contribution in [1.29, 1.82) is 0 Å². The van der Waals surface area contributed by atoms with Crippen molar-refractivity contribution in [2.24, 2.45) is 0 Å². The molecule has 10 heteroatoms. The molecule has 0 spiro atoms. The van der Waals surface area contributed by atoms with Gasteiger partial charge in [0.15, 0.2) is 0 Å². The van der Waals surface area contributed by atoms with E-state index in [1.165, 1.54) is 20.9 Å². The Labute approximate surface area is 167 Å². The number of pyridine rings is 4. The minimum absolute atomic E-state index is 0.297. The Morgan fingerprint density at radius 3 is 2.31 bits per heavy atom. The van der Waals surface area contributed by atoms with E-state index in [-0.39, 0.29) is 11.1 Å². The predicted molar refractivity (Wildman–Crippen MR) is 110 cm³/mol. The monoisotopic (exact) mass is 403 g/mol. The van der Waals surface area contributed by atoms with Gasteiger partial charge in [0.05, 0.1) is 21.8 Å². The van der Waals surface area contributed by atoms with Gasteiger partial charge in [0, 0.05) is 18.6 Å². The van der Waals surface area contributed by atoms with Gasteiger partial charge >= 0.3 is 0 Å². The highest BCUT2D eigenvalue weighted by Crippen LogP contribution is 2.16. The molecule has 0 saturated heterocycles. The number of nitrogens with one attached hydrogen (secondary N) is 1. The SMILES string of the molecule is CSc1n[nH]c(-n2ccc3nc4ccn(-c5ccccn5)c(=O)c4cc3c2=O)n1. The molecule has 0 aliphatic heterocycles. The summed E-state index contributed by atoms with van der Waals surface area (Å²) in [6, 6.07) is 10.3. The molecular weight excluding hydrogens is 390 g/mol. The van der Waals surface area contributed by atoms with E-state index < -0.39 is 0 Å². The molecule has 0 unspecified atom stereocenters. The molecular formula is C19H13N7O2S. The fraction of sp³-hybridized carbons (Fsp3) is 0.0526. The summed E-state index contributed by atoms with van der Waals surface area (Å²) in [5.41, 5.74) is 0.373. The topological polar surface area (TPSA) is 111 Å². The molecule has 0 fully saturated rings. The molecule has 5 aromatic rings. The summed E-state index contributed by atoms with van der Waals surface area (Å²) >= 11 is 1.37. The van der Waals surface area contributed by atoms with E-state index >= 15 is 0 Å². The Morgan fingerprint density at radius 2 is 1.66 bits per heavy atom. The highest BCUT2D eigenvalue weighted by atomic mass is 32.2. The molecule has 0 aliphatic rings. The summed E-state index contributed by atoms with van der Waals surface area (Å²) in [7, 11) is 0. The van der Waals surface area contributed by atoms with Crippen molar-refractivity contribution in [2.75, 3.05) is 6.26 Å². The van der Waals surface area contributed by atoms with Gasteiger partial charge in [-0.3, -0.25) is 18.7 Å². The average Bonchev–Trinajstić information content (AvgIpc) is 3.23. The fourth-order valence-corrected chi connectivity index (χ4v) is 3.42. The number of nitrogens with zero attached hydrogens (tertiary/aromatic N) is 6. The van der Waals surface area contributed by atoms with Gasteiger partial charge in [-0.2, -0.15) is 4.98 Å². The first-order valence-electron chi connectivity index (χ1n) is 8.61.